The molecule has 2 aromatic carbocycles. The van der Waals surface area contributed by atoms with Crippen LogP contribution in [0.5, 0.6) is 0 Å². The third-order valence-electron chi connectivity index (χ3n) is 9.22. The Hall–Kier alpha value is -3.36. The van der Waals surface area contributed by atoms with Gasteiger partial charge in [-0.05, 0) is 49.8 Å². The van der Waals surface area contributed by atoms with Crippen molar-refractivity contribution in [2.24, 2.45) is 11.8 Å². The van der Waals surface area contributed by atoms with Crippen LogP contribution in [0, 0.1) is 25.7 Å². The maximum atomic E-state index is 14.7. The van der Waals surface area contributed by atoms with Crippen molar-refractivity contribution >= 4 is 35.2 Å². The molecule has 42 heavy (non-hydrogen) atoms. The predicted molar refractivity (Wildman–Crippen MR) is 166 cm³/mol. The molecule has 1 spiro atoms. The third kappa shape index (κ3) is 4.78. The number of carbonyl (C=O) groups is 3. The molecule has 3 amide bonds. The van der Waals surface area contributed by atoms with Crippen LogP contribution in [0.4, 0.5) is 5.69 Å². The van der Waals surface area contributed by atoms with Gasteiger partial charge in [0, 0.05) is 43.7 Å². The zero-order valence-corrected chi connectivity index (χ0v) is 25.1. The van der Waals surface area contributed by atoms with Crippen molar-refractivity contribution in [3.63, 3.8) is 0 Å². The van der Waals surface area contributed by atoms with Gasteiger partial charge in [-0.15, -0.1) is 11.8 Å². The van der Waals surface area contributed by atoms with Crippen LogP contribution in [0.15, 0.2) is 72.8 Å². The highest BCUT2D eigenvalue weighted by Gasteiger charge is 2.71. The molecule has 0 bridgehead atoms. The van der Waals surface area contributed by atoms with E-state index in [0.717, 1.165) is 28.8 Å². The van der Waals surface area contributed by atoms with Gasteiger partial charge in [-0.1, -0.05) is 72.8 Å². The van der Waals surface area contributed by atoms with Crippen LogP contribution in [-0.2, 0) is 20.9 Å². The molecule has 0 aliphatic carbocycles. The minimum absolute atomic E-state index is 0.0193. The number of hydrogen-bond acceptors (Lipinski definition) is 5. The number of unbranched alkanes of at least 4 members (excludes halogenated alkanes) is 2. The number of amides is 3. The Kier molecular flexibility index (Phi) is 8.03. The fourth-order valence-electron chi connectivity index (χ4n) is 7.38. The zero-order valence-electron chi connectivity index (χ0n) is 24.3. The monoisotopic (exact) mass is 585 g/mol. The first-order valence-electron chi connectivity index (χ1n) is 15.0. The number of benzene rings is 2. The molecule has 0 saturated carbocycles. The van der Waals surface area contributed by atoms with Crippen molar-refractivity contribution in [1.29, 1.82) is 0 Å². The SMILES string of the molecule is Cc1cccc(C)c1N1CC=C[C@]23S[C@H]4C=CCN(Cc5ccccc5)C(=O)[C@H]4[C@H]2C(=O)N(CCCCCO)C3C1=O. The molecule has 4 aliphatic heterocycles. The summed E-state index contributed by atoms with van der Waals surface area (Å²) < 4.78 is -0.832. The summed E-state index contributed by atoms with van der Waals surface area (Å²) in [5.41, 5.74) is 3.97. The standard InChI is InChI=1S/C34H39N3O4S/c1-23-12-9-13-24(2)29(23)36-20-11-17-34-28(32(40)37(30(34)33(36)41)19-7-4-8-21-38)27-26(42-34)16-10-18-35(31(27)39)22-25-14-5-3-6-15-25/h3,5-6,9-17,26-28,30,38H,4,7-8,18-22H2,1-2H3/t26-,27+,28-,30?,34-/m0/s1. The Morgan fingerprint density at radius 1 is 0.881 bits per heavy atom. The summed E-state index contributed by atoms with van der Waals surface area (Å²) in [6.45, 7) is 5.96. The van der Waals surface area contributed by atoms with E-state index in [0.29, 0.717) is 39.0 Å². The summed E-state index contributed by atoms with van der Waals surface area (Å²) in [6, 6.07) is 15.3. The van der Waals surface area contributed by atoms with Crippen LogP contribution >= 0.6 is 11.8 Å². The molecule has 220 valence electrons. The first kappa shape index (κ1) is 28.7. The summed E-state index contributed by atoms with van der Waals surface area (Å²) in [4.78, 5) is 48.9. The van der Waals surface area contributed by atoms with Crippen LogP contribution in [0.2, 0.25) is 0 Å². The molecule has 2 aromatic rings. The number of para-hydroxylation sites is 1. The predicted octanol–water partition coefficient (Wildman–Crippen LogP) is 4.26. The molecule has 6 rings (SSSR count). The number of aliphatic hydroxyl groups is 1. The third-order valence-corrected chi connectivity index (χ3v) is 11.0. The van der Waals surface area contributed by atoms with Gasteiger partial charge >= 0.3 is 0 Å². The minimum atomic E-state index is -0.832. The fourth-order valence-corrected chi connectivity index (χ4v) is 9.38. The molecule has 1 unspecified atom stereocenters. The lowest BCUT2D eigenvalue weighted by Gasteiger charge is -2.36. The molecule has 2 saturated heterocycles. The average molecular weight is 586 g/mol. The minimum Gasteiger partial charge on any atom is -0.396 e. The Labute approximate surface area is 252 Å². The van der Waals surface area contributed by atoms with Crippen molar-refractivity contribution in [2.75, 3.05) is 31.1 Å². The number of likely N-dealkylation sites (tertiary alicyclic amines) is 1. The number of aliphatic hydroxyl groups excluding tert-OH is 1. The molecule has 0 radical (unpaired) electrons. The van der Waals surface area contributed by atoms with E-state index in [9.17, 15) is 19.5 Å². The zero-order chi connectivity index (χ0) is 29.4. The van der Waals surface area contributed by atoms with Gasteiger partial charge in [-0.3, -0.25) is 14.4 Å². The van der Waals surface area contributed by atoms with Crippen molar-refractivity contribution in [2.45, 2.75) is 55.7 Å². The summed E-state index contributed by atoms with van der Waals surface area (Å²) in [5, 5.41) is 9.15. The Bertz CT molecular complexity index is 1400. The van der Waals surface area contributed by atoms with Gasteiger partial charge in [-0.2, -0.15) is 0 Å². The van der Waals surface area contributed by atoms with E-state index in [-0.39, 0.29) is 29.6 Å². The van der Waals surface area contributed by atoms with Crippen molar-refractivity contribution < 1.29 is 19.5 Å². The van der Waals surface area contributed by atoms with E-state index < -0.39 is 22.6 Å². The van der Waals surface area contributed by atoms with Gasteiger partial charge in [0.15, 0.2) is 0 Å². The van der Waals surface area contributed by atoms with Crippen LogP contribution in [0.25, 0.3) is 0 Å². The van der Waals surface area contributed by atoms with E-state index in [1.807, 2.05) is 84.3 Å². The first-order valence-corrected chi connectivity index (χ1v) is 15.9. The lowest BCUT2D eigenvalue weighted by Crippen LogP contribution is -2.53. The van der Waals surface area contributed by atoms with E-state index in [4.69, 9.17) is 0 Å². The van der Waals surface area contributed by atoms with Gasteiger partial charge in [0.05, 0.1) is 16.6 Å². The second-order valence-corrected chi connectivity index (χ2v) is 13.4. The highest BCUT2D eigenvalue weighted by molar-refractivity contribution is 8.02. The lowest BCUT2D eigenvalue weighted by molar-refractivity contribution is -0.143. The second kappa shape index (κ2) is 11.7. The molecule has 1 N–H and O–H groups in total. The Morgan fingerprint density at radius 3 is 2.38 bits per heavy atom. The van der Waals surface area contributed by atoms with Crippen LogP contribution < -0.4 is 4.90 Å². The molecule has 7 nitrogen and oxygen atoms in total. The molecule has 8 heteroatoms. The van der Waals surface area contributed by atoms with E-state index >= 15 is 0 Å². The number of nitrogens with zero attached hydrogens (tertiary/aromatic N) is 3. The van der Waals surface area contributed by atoms with Crippen LogP contribution in [-0.4, -0.2) is 74.9 Å². The second-order valence-electron chi connectivity index (χ2n) is 11.9. The summed E-state index contributed by atoms with van der Waals surface area (Å²) in [7, 11) is 0. The highest BCUT2D eigenvalue weighted by atomic mass is 32.2. The number of anilines is 1. The first-order chi connectivity index (χ1) is 20.4. The Balaban J connectivity index is 1.39. The van der Waals surface area contributed by atoms with Gasteiger partial charge in [-0.25, -0.2) is 0 Å². The van der Waals surface area contributed by atoms with E-state index in [2.05, 4.69) is 12.2 Å². The molecular formula is C34H39N3O4S. The maximum Gasteiger partial charge on any atom is 0.251 e. The van der Waals surface area contributed by atoms with Crippen LogP contribution in [0.1, 0.15) is 36.0 Å². The normalized spacial score (nSPS) is 28.5. The molecule has 4 aliphatic rings. The number of hydrogen-bond donors (Lipinski definition) is 1. The van der Waals surface area contributed by atoms with Crippen LogP contribution in [0.3, 0.4) is 0 Å². The molecule has 4 heterocycles. The quantitative estimate of drug-likeness (QED) is 0.370. The molecule has 0 aromatic heterocycles. The number of fused-ring (bicyclic) bond motifs is 2. The summed E-state index contributed by atoms with van der Waals surface area (Å²) >= 11 is 1.62. The van der Waals surface area contributed by atoms with Crippen molar-refractivity contribution in [1.82, 2.24) is 9.80 Å². The van der Waals surface area contributed by atoms with Gasteiger partial charge in [0.2, 0.25) is 11.8 Å². The average Bonchev–Trinajstić information content (AvgIpc) is 3.29. The van der Waals surface area contributed by atoms with E-state index in [1.54, 1.807) is 16.7 Å². The largest absolute Gasteiger partial charge is 0.396 e. The number of carbonyl (C=O) groups excluding carboxylic acids is 3. The number of rotatable bonds is 8. The smallest absolute Gasteiger partial charge is 0.251 e. The molecular weight excluding hydrogens is 546 g/mol. The fraction of sp³-hybridized carbons (Fsp3) is 0.441. The summed E-state index contributed by atoms with van der Waals surface area (Å²) in [5.74, 6) is -1.37. The highest BCUT2D eigenvalue weighted by Crippen LogP contribution is 2.61. The van der Waals surface area contributed by atoms with Crippen molar-refractivity contribution in [3.05, 3.63) is 89.5 Å². The van der Waals surface area contributed by atoms with E-state index in [1.165, 1.54) is 0 Å². The summed E-state index contributed by atoms with van der Waals surface area (Å²) in [6.07, 6.45) is 10.4. The Morgan fingerprint density at radius 2 is 1.64 bits per heavy atom. The van der Waals surface area contributed by atoms with Gasteiger partial charge in [0.25, 0.3) is 5.91 Å². The molecule has 2 fully saturated rings. The number of thioether (sulfide) groups is 1. The molecule has 5 atom stereocenters. The lowest BCUT2D eigenvalue weighted by atomic mass is 9.78. The topological polar surface area (TPSA) is 81.2 Å². The van der Waals surface area contributed by atoms with Gasteiger partial charge in [0.1, 0.15) is 6.04 Å². The van der Waals surface area contributed by atoms with Gasteiger partial charge < -0.3 is 19.8 Å². The number of aryl methyl sites for hydroxylation is 2. The maximum absolute atomic E-state index is 14.7. The van der Waals surface area contributed by atoms with Crippen molar-refractivity contribution in [3.8, 4) is 0 Å².